The molecular formula is C14H18N4O. The molecule has 2 rings (SSSR count). The van der Waals surface area contributed by atoms with Crippen molar-refractivity contribution in [3.8, 4) is 17.4 Å². The lowest BCUT2D eigenvalue weighted by atomic mass is 10.1. The number of ether oxygens (including phenoxy) is 1. The van der Waals surface area contributed by atoms with Crippen LogP contribution < -0.4 is 10.1 Å². The predicted molar refractivity (Wildman–Crippen MR) is 75.5 cm³/mol. The van der Waals surface area contributed by atoms with Crippen LogP contribution in [0.3, 0.4) is 0 Å². The largest absolute Gasteiger partial charge is 0.464 e. The summed E-state index contributed by atoms with van der Waals surface area (Å²) in [7, 11) is 1.77. The van der Waals surface area contributed by atoms with Crippen LogP contribution in [0, 0.1) is 13.8 Å². The molecule has 0 bridgehead atoms. The first-order valence-corrected chi connectivity index (χ1v) is 6.28. The van der Waals surface area contributed by atoms with E-state index >= 15 is 0 Å². The minimum Gasteiger partial charge on any atom is -0.464 e. The Morgan fingerprint density at radius 1 is 1.11 bits per heavy atom. The van der Waals surface area contributed by atoms with Crippen molar-refractivity contribution in [3.63, 3.8) is 0 Å². The van der Waals surface area contributed by atoms with Gasteiger partial charge in [-0.2, -0.15) is 15.0 Å². The lowest BCUT2D eigenvalue weighted by Gasteiger charge is -2.08. The molecule has 0 atom stereocenters. The van der Waals surface area contributed by atoms with Crippen molar-refractivity contribution in [3.05, 3.63) is 29.3 Å². The fourth-order valence-corrected chi connectivity index (χ4v) is 1.67. The molecule has 0 aliphatic carbocycles. The fraction of sp³-hybridized carbons (Fsp3) is 0.357. The summed E-state index contributed by atoms with van der Waals surface area (Å²) in [5.41, 5.74) is 3.42. The monoisotopic (exact) mass is 258 g/mol. The molecule has 100 valence electrons. The molecule has 0 unspecified atom stereocenters. The van der Waals surface area contributed by atoms with Crippen molar-refractivity contribution in [2.24, 2.45) is 0 Å². The Labute approximate surface area is 113 Å². The minimum absolute atomic E-state index is 0.343. The molecule has 0 aliphatic rings. The quantitative estimate of drug-likeness (QED) is 0.913. The van der Waals surface area contributed by atoms with Gasteiger partial charge in [0.2, 0.25) is 5.95 Å². The van der Waals surface area contributed by atoms with Crippen LogP contribution in [-0.4, -0.2) is 28.6 Å². The topological polar surface area (TPSA) is 59.9 Å². The van der Waals surface area contributed by atoms with Gasteiger partial charge in [0.15, 0.2) is 5.82 Å². The van der Waals surface area contributed by atoms with E-state index in [-0.39, 0.29) is 0 Å². The number of hydrogen-bond donors (Lipinski definition) is 1. The van der Waals surface area contributed by atoms with Crippen molar-refractivity contribution in [1.82, 2.24) is 15.0 Å². The summed E-state index contributed by atoms with van der Waals surface area (Å²) in [4.78, 5) is 12.8. The third kappa shape index (κ3) is 2.99. The minimum atomic E-state index is 0.343. The summed E-state index contributed by atoms with van der Waals surface area (Å²) in [5, 5.41) is 2.92. The Kier molecular flexibility index (Phi) is 3.94. The van der Waals surface area contributed by atoms with E-state index in [4.69, 9.17) is 4.74 Å². The van der Waals surface area contributed by atoms with Crippen LogP contribution in [0.4, 0.5) is 5.95 Å². The number of nitrogens with one attached hydrogen (secondary N) is 1. The zero-order chi connectivity index (χ0) is 13.8. The molecule has 1 aromatic heterocycles. The highest BCUT2D eigenvalue weighted by molar-refractivity contribution is 5.58. The number of anilines is 1. The fourth-order valence-electron chi connectivity index (χ4n) is 1.67. The molecule has 0 spiro atoms. The number of rotatable bonds is 4. The van der Waals surface area contributed by atoms with Crippen LogP contribution in [0.15, 0.2) is 18.2 Å². The molecule has 0 saturated carbocycles. The highest BCUT2D eigenvalue weighted by Crippen LogP contribution is 2.21. The van der Waals surface area contributed by atoms with E-state index in [1.165, 1.54) is 11.1 Å². The van der Waals surface area contributed by atoms with Crippen molar-refractivity contribution in [2.45, 2.75) is 20.8 Å². The molecule has 1 aromatic carbocycles. The van der Waals surface area contributed by atoms with Crippen molar-refractivity contribution in [2.75, 3.05) is 19.0 Å². The molecule has 0 saturated heterocycles. The average Bonchev–Trinajstić information content (AvgIpc) is 2.42. The summed E-state index contributed by atoms with van der Waals surface area (Å²) in [5.74, 6) is 1.12. The van der Waals surface area contributed by atoms with E-state index in [1.54, 1.807) is 7.05 Å². The van der Waals surface area contributed by atoms with Gasteiger partial charge in [0, 0.05) is 12.6 Å². The van der Waals surface area contributed by atoms with Gasteiger partial charge in [0.05, 0.1) is 6.61 Å². The second kappa shape index (κ2) is 5.65. The van der Waals surface area contributed by atoms with Gasteiger partial charge in [-0.1, -0.05) is 12.1 Å². The lowest BCUT2D eigenvalue weighted by Crippen LogP contribution is -2.05. The van der Waals surface area contributed by atoms with Crippen molar-refractivity contribution < 1.29 is 4.74 Å². The number of aromatic nitrogens is 3. The summed E-state index contributed by atoms with van der Waals surface area (Å²) in [6.45, 7) is 6.58. The summed E-state index contributed by atoms with van der Waals surface area (Å²) < 4.78 is 5.36. The molecule has 1 heterocycles. The summed E-state index contributed by atoms with van der Waals surface area (Å²) in [6.07, 6.45) is 0. The van der Waals surface area contributed by atoms with Crippen LogP contribution in [0.25, 0.3) is 11.4 Å². The molecule has 1 N–H and O–H groups in total. The number of aryl methyl sites for hydroxylation is 2. The van der Waals surface area contributed by atoms with Gasteiger partial charge >= 0.3 is 6.01 Å². The standard InChI is InChI=1S/C14H18N4O/c1-5-19-14-17-12(16-13(15-4)18-14)11-7-6-9(2)10(3)8-11/h6-8H,5H2,1-4H3,(H,15,16,17,18). The third-order valence-electron chi connectivity index (χ3n) is 2.88. The zero-order valence-corrected chi connectivity index (χ0v) is 11.7. The predicted octanol–water partition coefficient (Wildman–Crippen LogP) is 2.60. The maximum atomic E-state index is 5.36. The Morgan fingerprint density at radius 2 is 1.89 bits per heavy atom. The second-order valence-corrected chi connectivity index (χ2v) is 4.25. The van der Waals surface area contributed by atoms with Gasteiger partial charge in [0.25, 0.3) is 0 Å². The molecule has 0 amide bonds. The Bertz CT molecular complexity index is 584. The maximum absolute atomic E-state index is 5.36. The van der Waals surface area contributed by atoms with Gasteiger partial charge in [-0.05, 0) is 38.0 Å². The third-order valence-corrected chi connectivity index (χ3v) is 2.88. The van der Waals surface area contributed by atoms with E-state index in [2.05, 4.69) is 46.2 Å². The molecule has 19 heavy (non-hydrogen) atoms. The normalized spacial score (nSPS) is 10.3. The molecular weight excluding hydrogens is 240 g/mol. The Balaban J connectivity index is 2.47. The van der Waals surface area contributed by atoms with Crippen LogP contribution >= 0.6 is 0 Å². The summed E-state index contributed by atoms with van der Waals surface area (Å²) in [6, 6.07) is 6.48. The van der Waals surface area contributed by atoms with Gasteiger partial charge in [-0.25, -0.2) is 0 Å². The van der Waals surface area contributed by atoms with Crippen LogP contribution in [0.1, 0.15) is 18.1 Å². The van der Waals surface area contributed by atoms with E-state index in [0.29, 0.717) is 24.4 Å². The molecule has 0 fully saturated rings. The van der Waals surface area contributed by atoms with Gasteiger partial charge in [0.1, 0.15) is 0 Å². The number of benzene rings is 1. The van der Waals surface area contributed by atoms with E-state index in [1.807, 2.05) is 13.0 Å². The summed E-state index contributed by atoms with van der Waals surface area (Å²) >= 11 is 0. The Hall–Kier alpha value is -2.17. The van der Waals surface area contributed by atoms with E-state index < -0.39 is 0 Å². The SMILES string of the molecule is CCOc1nc(NC)nc(-c2ccc(C)c(C)c2)n1. The van der Waals surface area contributed by atoms with Gasteiger partial charge in [-0.15, -0.1) is 0 Å². The van der Waals surface area contributed by atoms with Gasteiger partial charge in [-0.3, -0.25) is 0 Å². The zero-order valence-electron chi connectivity index (χ0n) is 11.7. The molecule has 5 heteroatoms. The molecule has 0 radical (unpaired) electrons. The van der Waals surface area contributed by atoms with Gasteiger partial charge < -0.3 is 10.1 Å². The number of nitrogens with zero attached hydrogens (tertiary/aromatic N) is 3. The first-order valence-electron chi connectivity index (χ1n) is 6.28. The highest BCUT2D eigenvalue weighted by Gasteiger charge is 2.09. The van der Waals surface area contributed by atoms with Crippen LogP contribution in [0.2, 0.25) is 0 Å². The second-order valence-electron chi connectivity index (χ2n) is 4.25. The molecule has 2 aromatic rings. The average molecular weight is 258 g/mol. The van der Waals surface area contributed by atoms with Crippen molar-refractivity contribution >= 4 is 5.95 Å². The van der Waals surface area contributed by atoms with Crippen LogP contribution in [0.5, 0.6) is 6.01 Å². The lowest BCUT2D eigenvalue weighted by molar-refractivity contribution is 0.312. The van der Waals surface area contributed by atoms with E-state index in [9.17, 15) is 0 Å². The number of hydrogen-bond acceptors (Lipinski definition) is 5. The van der Waals surface area contributed by atoms with Crippen LogP contribution in [-0.2, 0) is 0 Å². The van der Waals surface area contributed by atoms with Crippen molar-refractivity contribution in [1.29, 1.82) is 0 Å². The highest BCUT2D eigenvalue weighted by atomic mass is 16.5. The smallest absolute Gasteiger partial charge is 0.321 e. The van der Waals surface area contributed by atoms with E-state index in [0.717, 1.165) is 5.56 Å². The molecule has 5 nitrogen and oxygen atoms in total. The first kappa shape index (κ1) is 13.3. The Morgan fingerprint density at radius 3 is 2.53 bits per heavy atom. The maximum Gasteiger partial charge on any atom is 0.321 e. The first-order chi connectivity index (χ1) is 9.13. The molecule has 0 aliphatic heterocycles.